The van der Waals surface area contributed by atoms with E-state index in [1.807, 2.05) is 65.2 Å². The number of carbonyl (C=O) groups excluding carboxylic acids is 1. The molecule has 0 unspecified atom stereocenters. The Morgan fingerprint density at radius 3 is 2.58 bits per heavy atom. The van der Waals surface area contributed by atoms with E-state index in [1.54, 1.807) is 0 Å². The number of piperidine rings is 1. The Balaban J connectivity index is 1.34. The molecule has 3 heterocycles. The predicted molar refractivity (Wildman–Crippen MR) is 97.5 cm³/mol. The van der Waals surface area contributed by atoms with Gasteiger partial charge in [0.05, 0.1) is 0 Å². The molecule has 0 atom stereocenters. The molecule has 0 saturated carbocycles. The summed E-state index contributed by atoms with van der Waals surface area (Å²) in [6, 6.07) is 13.6. The smallest absolute Gasteiger partial charge is 0.270 e. The second-order valence-electron chi connectivity index (χ2n) is 6.81. The summed E-state index contributed by atoms with van der Waals surface area (Å²) >= 11 is 0. The van der Waals surface area contributed by atoms with Gasteiger partial charge in [0.25, 0.3) is 5.91 Å². The van der Waals surface area contributed by atoms with Crippen LogP contribution in [0.25, 0.3) is 11.5 Å². The third kappa shape index (κ3) is 3.40. The van der Waals surface area contributed by atoms with Crippen molar-refractivity contribution in [2.24, 2.45) is 13.0 Å². The number of rotatable bonds is 4. The van der Waals surface area contributed by atoms with Crippen LogP contribution in [0.1, 0.15) is 29.2 Å². The van der Waals surface area contributed by atoms with Crippen LogP contribution < -0.4 is 0 Å². The topological polar surface area (TPSA) is 64.2 Å². The highest BCUT2D eigenvalue weighted by molar-refractivity contribution is 5.92. The first-order valence-electron chi connectivity index (χ1n) is 8.99. The molecule has 0 aliphatic carbocycles. The zero-order valence-electron chi connectivity index (χ0n) is 14.8. The van der Waals surface area contributed by atoms with E-state index in [-0.39, 0.29) is 5.91 Å². The average Bonchev–Trinajstić information content (AvgIpc) is 3.32. The van der Waals surface area contributed by atoms with Crippen LogP contribution in [-0.4, -0.2) is 38.7 Å². The molecule has 1 aliphatic heterocycles. The number of carbonyl (C=O) groups is 1. The summed E-state index contributed by atoms with van der Waals surface area (Å²) in [7, 11) is 1.90. The number of benzene rings is 1. The molecule has 1 amide bonds. The lowest BCUT2D eigenvalue weighted by Gasteiger charge is -2.31. The molecular formula is C20H22N4O2. The fraction of sp³-hybridized carbons (Fsp3) is 0.350. The molecule has 0 N–H and O–H groups in total. The molecule has 1 saturated heterocycles. The predicted octanol–water partition coefficient (Wildman–Crippen LogP) is 3.17. The van der Waals surface area contributed by atoms with Crippen LogP contribution in [0.2, 0.25) is 0 Å². The van der Waals surface area contributed by atoms with Gasteiger partial charge >= 0.3 is 0 Å². The van der Waals surface area contributed by atoms with E-state index in [0.29, 0.717) is 17.7 Å². The normalized spacial score (nSPS) is 15.3. The molecule has 134 valence electrons. The van der Waals surface area contributed by atoms with Gasteiger partial charge in [-0.1, -0.05) is 18.2 Å². The van der Waals surface area contributed by atoms with Crippen LogP contribution in [0.3, 0.4) is 0 Å². The summed E-state index contributed by atoms with van der Waals surface area (Å²) in [4.78, 5) is 14.5. The van der Waals surface area contributed by atoms with Gasteiger partial charge in [-0.3, -0.25) is 4.79 Å². The molecule has 1 fully saturated rings. The Morgan fingerprint density at radius 2 is 1.88 bits per heavy atom. The van der Waals surface area contributed by atoms with Gasteiger partial charge in [0.1, 0.15) is 5.69 Å². The summed E-state index contributed by atoms with van der Waals surface area (Å²) in [6.07, 6.45) is 4.59. The molecule has 1 aromatic carbocycles. The van der Waals surface area contributed by atoms with E-state index in [4.69, 9.17) is 4.42 Å². The van der Waals surface area contributed by atoms with Crippen LogP contribution in [0, 0.1) is 5.92 Å². The minimum Gasteiger partial charge on any atom is -0.421 e. The van der Waals surface area contributed by atoms with Crippen molar-refractivity contribution in [1.82, 2.24) is 19.7 Å². The maximum Gasteiger partial charge on any atom is 0.270 e. The lowest BCUT2D eigenvalue weighted by Crippen LogP contribution is -2.39. The van der Waals surface area contributed by atoms with Crippen LogP contribution in [-0.2, 0) is 13.5 Å². The largest absolute Gasteiger partial charge is 0.421 e. The van der Waals surface area contributed by atoms with E-state index in [0.717, 1.165) is 43.6 Å². The van der Waals surface area contributed by atoms with Crippen LogP contribution in [0.15, 0.2) is 53.1 Å². The van der Waals surface area contributed by atoms with Gasteiger partial charge in [0.2, 0.25) is 11.8 Å². The van der Waals surface area contributed by atoms with Gasteiger partial charge in [0.15, 0.2) is 0 Å². The van der Waals surface area contributed by atoms with E-state index in [2.05, 4.69) is 10.2 Å². The molecule has 6 heteroatoms. The van der Waals surface area contributed by atoms with E-state index < -0.39 is 0 Å². The Hall–Kier alpha value is -2.89. The molecule has 2 aromatic heterocycles. The van der Waals surface area contributed by atoms with E-state index >= 15 is 0 Å². The number of amides is 1. The fourth-order valence-electron chi connectivity index (χ4n) is 3.47. The molecule has 1 aliphatic rings. The maximum absolute atomic E-state index is 12.6. The molecular weight excluding hydrogens is 328 g/mol. The van der Waals surface area contributed by atoms with Crippen LogP contribution in [0.5, 0.6) is 0 Å². The maximum atomic E-state index is 12.6. The highest BCUT2D eigenvalue weighted by Crippen LogP contribution is 2.24. The number of nitrogens with zero attached hydrogens (tertiary/aromatic N) is 4. The summed E-state index contributed by atoms with van der Waals surface area (Å²) < 4.78 is 7.69. The van der Waals surface area contributed by atoms with Crippen molar-refractivity contribution in [2.45, 2.75) is 19.3 Å². The number of hydrogen-bond donors (Lipinski definition) is 0. The van der Waals surface area contributed by atoms with Gasteiger partial charge in [-0.15, -0.1) is 10.2 Å². The Morgan fingerprint density at radius 1 is 1.12 bits per heavy atom. The average molecular weight is 350 g/mol. The molecule has 26 heavy (non-hydrogen) atoms. The van der Waals surface area contributed by atoms with Crippen molar-refractivity contribution in [3.63, 3.8) is 0 Å². The third-order valence-corrected chi connectivity index (χ3v) is 5.02. The minimum absolute atomic E-state index is 0.111. The molecule has 4 rings (SSSR count). The fourth-order valence-corrected chi connectivity index (χ4v) is 3.47. The van der Waals surface area contributed by atoms with Crippen molar-refractivity contribution >= 4 is 5.91 Å². The Bertz CT molecular complexity index is 876. The number of aryl methyl sites for hydroxylation is 1. The van der Waals surface area contributed by atoms with Crippen molar-refractivity contribution < 1.29 is 9.21 Å². The molecule has 0 radical (unpaired) electrons. The van der Waals surface area contributed by atoms with E-state index in [9.17, 15) is 4.79 Å². The van der Waals surface area contributed by atoms with Gasteiger partial charge in [-0.2, -0.15) is 0 Å². The van der Waals surface area contributed by atoms with Crippen molar-refractivity contribution in [2.75, 3.05) is 13.1 Å². The second-order valence-corrected chi connectivity index (χ2v) is 6.81. The Labute approximate surface area is 152 Å². The summed E-state index contributed by atoms with van der Waals surface area (Å²) in [5, 5.41) is 8.35. The zero-order valence-corrected chi connectivity index (χ0v) is 14.8. The highest BCUT2D eigenvalue weighted by Gasteiger charge is 2.26. The van der Waals surface area contributed by atoms with Gasteiger partial charge in [-0.05, 0) is 43.0 Å². The number of hydrogen-bond acceptors (Lipinski definition) is 4. The zero-order chi connectivity index (χ0) is 17.9. The first kappa shape index (κ1) is 16.6. The van der Waals surface area contributed by atoms with Crippen molar-refractivity contribution in [3.8, 4) is 11.5 Å². The first-order valence-corrected chi connectivity index (χ1v) is 8.99. The molecule has 0 spiro atoms. The van der Waals surface area contributed by atoms with Gasteiger partial charge in [-0.25, -0.2) is 0 Å². The van der Waals surface area contributed by atoms with E-state index in [1.165, 1.54) is 0 Å². The van der Waals surface area contributed by atoms with Crippen molar-refractivity contribution in [1.29, 1.82) is 0 Å². The summed E-state index contributed by atoms with van der Waals surface area (Å²) in [6.45, 7) is 1.54. The number of aromatic nitrogens is 3. The second kappa shape index (κ2) is 7.15. The molecule has 0 bridgehead atoms. The van der Waals surface area contributed by atoms with Gasteiger partial charge < -0.3 is 13.9 Å². The molecule has 3 aromatic rings. The summed E-state index contributed by atoms with van der Waals surface area (Å²) in [5.74, 6) is 1.82. The third-order valence-electron chi connectivity index (χ3n) is 5.02. The lowest BCUT2D eigenvalue weighted by molar-refractivity contribution is 0.0678. The van der Waals surface area contributed by atoms with Crippen LogP contribution in [0.4, 0.5) is 0 Å². The Kier molecular flexibility index (Phi) is 4.56. The monoisotopic (exact) mass is 350 g/mol. The standard InChI is InChI=1S/C20H22N4O2/c1-23-11-5-8-17(23)20(25)24-12-9-15(10-13-24)14-18-21-22-19(26-18)16-6-3-2-4-7-16/h2-8,11,15H,9-10,12-14H2,1H3. The number of likely N-dealkylation sites (tertiary alicyclic amines) is 1. The van der Waals surface area contributed by atoms with Crippen LogP contribution >= 0.6 is 0 Å². The lowest BCUT2D eigenvalue weighted by atomic mass is 9.93. The van der Waals surface area contributed by atoms with Crippen molar-refractivity contribution in [3.05, 3.63) is 60.2 Å². The first-order chi connectivity index (χ1) is 12.7. The quantitative estimate of drug-likeness (QED) is 0.725. The van der Waals surface area contributed by atoms with Gasteiger partial charge in [0, 0.05) is 38.3 Å². The minimum atomic E-state index is 0.111. The highest BCUT2D eigenvalue weighted by atomic mass is 16.4. The summed E-state index contributed by atoms with van der Waals surface area (Å²) in [5.41, 5.74) is 1.68. The molecule has 6 nitrogen and oxygen atoms in total. The SMILES string of the molecule is Cn1cccc1C(=O)N1CCC(Cc2nnc(-c3ccccc3)o2)CC1.